The Hall–Kier alpha value is -3.13. The topological polar surface area (TPSA) is 103 Å². The molecular formula is C21H21N5O2S. The number of carbonyl (C=O) groups is 2. The van der Waals surface area contributed by atoms with Crippen LogP contribution in [0.1, 0.15) is 63.0 Å². The van der Waals surface area contributed by atoms with E-state index in [-0.39, 0.29) is 12.2 Å². The summed E-state index contributed by atoms with van der Waals surface area (Å²) in [6, 6.07) is 6.66. The molecule has 1 aliphatic rings. The molecule has 0 saturated heterocycles. The fraction of sp³-hybridized carbons (Fsp3) is 0.286. The summed E-state index contributed by atoms with van der Waals surface area (Å²) in [5, 5.41) is 9.61. The van der Waals surface area contributed by atoms with Crippen molar-refractivity contribution in [2.24, 2.45) is 10.7 Å². The lowest BCUT2D eigenvalue weighted by Gasteiger charge is -2.11. The van der Waals surface area contributed by atoms with E-state index in [0.717, 1.165) is 33.2 Å². The predicted octanol–water partition coefficient (Wildman–Crippen LogP) is 3.22. The Morgan fingerprint density at radius 3 is 2.45 bits per heavy atom. The van der Waals surface area contributed by atoms with E-state index in [9.17, 15) is 9.59 Å². The SMILES string of the molecule is CC(=O)C[C@@H]1N=C(c2ccc(C(N)=O)cc2)c2c(sc(C)c2C)-n2c(C)nnc21. The lowest BCUT2D eigenvalue weighted by atomic mass is 9.98. The summed E-state index contributed by atoms with van der Waals surface area (Å²) in [5.74, 6) is 0.993. The van der Waals surface area contributed by atoms with Gasteiger partial charge < -0.3 is 5.73 Å². The molecule has 2 aromatic heterocycles. The summed E-state index contributed by atoms with van der Waals surface area (Å²) in [5.41, 5.74) is 9.61. The number of aromatic nitrogens is 3. The van der Waals surface area contributed by atoms with Gasteiger partial charge in [-0.2, -0.15) is 0 Å². The maximum Gasteiger partial charge on any atom is 0.248 e. The van der Waals surface area contributed by atoms with Gasteiger partial charge in [0.05, 0.1) is 5.71 Å². The number of aryl methyl sites for hydroxylation is 2. The molecule has 4 rings (SSSR count). The quantitative estimate of drug-likeness (QED) is 0.717. The second kappa shape index (κ2) is 7.04. The molecule has 1 atom stereocenters. The molecule has 0 unspecified atom stereocenters. The first-order valence-electron chi connectivity index (χ1n) is 9.28. The number of nitrogens with zero attached hydrogens (tertiary/aromatic N) is 4. The molecule has 29 heavy (non-hydrogen) atoms. The van der Waals surface area contributed by atoms with Gasteiger partial charge in [-0.15, -0.1) is 21.5 Å². The smallest absolute Gasteiger partial charge is 0.248 e. The van der Waals surface area contributed by atoms with Crippen molar-refractivity contribution in [3.05, 3.63) is 63.0 Å². The molecule has 0 bridgehead atoms. The summed E-state index contributed by atoms with van der Waals surface area (Å²) in [4.78, 5) is 29.6. The van der Waals surface area contributed by atoms with Gasteiger partial charge in [0, 0.05) is 28.0 Å². The zero-order chi connectivity index (χ0) is 20.9. The fourth-order valence-electron chi connectivity index (χ4n) is 3.59. The van der Waals surface area contributed by atoms with Gasteiger partial charge in [0.15, 0.2) is 5.82 Å². The van der Waals surface area contributed by atoms with Crippen LogP contribution in [0, 0.1) is 20.8 Å². The zero-order valence-corrected chi connectivity index (χ0v) is 17.5. The van der Waals surface area contributed by atoms with Gasteiger partial charge in [-0.05, 0) is 45.4 Å². The minimum Gasteiger partial charge on any atom is -0.366 e. The van der Waals surface area contributed by atoms with Crippen LogP contribution in [0.25, 0.3) is 5.00 Å². The number of hydrogen-bond acceptors (Lipinski definition) is 6. The number of aliphatic imine (C=N–C) groups is 1. The maximum absolute atomic E-state index is 12.0. The van der Waals surface area contributed by atoms with E-state index in [0.29, 0.717) is 11.4 Å². The molecule has 0 radical (unpaired) electrons. The number of primary amides is 1. The molecule has 3 aromatic rings. The normalized spacial score (nSPS) is 15.3. The number of fused-ring (bicyclic) bond motifs is 3. The van der Waals surface area contributed by atoms with Crippen molar-refractivity contribution in [1.29, 1.82) is 0 Å². The van der Waals surface area contributed by atoms with E-state index < -0.39 is 11.9 Å². The van der Waals surface area contributed by atoms with E-state index in [1.165, 1.54) is 4.88 Å². The number of thiophene rings is 1. The van der Waals surface area contributed by atoms with Gasteiger partial charge in [-0.1, -0.05) is 12.1 Å². The van der Waals surface area contributed by atoms with Crippen molar-refractivity contribution in [3.63, 3.8) is 0 Å². The van der Waals surface area contributed by atoms with Gasteiger partial charge in [0.1, 0.15) is 22.7 Å². The largest absolute Gasteiger partial charge is 0.366 e. The maximum atomic E-state index is 12.0. The van der Waals surface area contributed by atoms with Crippen molar-refractivity contribution in [2.45, 2.75) is 40.2 Å². The lowest BCUT2D eigenvalue weighted by molar-refractivity contribution is -0.117. The second-order valence-electron chi connectivity index (χ2n) is 7.25. The Bertz CT molecular complexity index is 1170. The number of nitrogens with two attached hydrogens (primary N) is 1. The number of Topliss-reactive ketones (excluding diaryl/α,β-unsaturated/α-hetero) is 1. The molecule has 1 aromatic carbocycles. The molecule has 1 aliphatic heterocycles. The third-order valence-corrected chi connectivity index (χ3v) is 6.36. The number of carbonyl (C=O) groups excluding carboxylic acids is 2. The molecule has 0 fully saturated rings. The van der Waals surface area contributed by atoms with Crippen molar-refractivity contribution in [2.75, 3.05) is 0 Å². The van der Waals surface area contributed by atoms with Gasteiger partial charge in [0.25, 0.3) is 0 Å². The van der Waals surface area contributed by atoms with Crippen molar-refractivity contribution < 1.29 is 9.59 Å². The Balaban J connectivity index is 1.99. The highest BCUT2D eigenvalue weighted by molar-refractivity contribution is 7.15. The molecule has 8 heteroatoms. The van der Waals surface area contributed by atoms with Crippen LogP contribution in [0.15, 0.2) is 29.3 Å². The number of hydrogen-bond donors (Lipinski definition) is 1. The van der Waals surface area contributed by atoms with Crippen LogP contribution in [0.5, 0.6) is 0 Å². The van der Waals surface area contributed by atoms with E-state index in [4.69, 9.17) is 10.7 Å². The molecule has 0 saturated carbocycles. The zero-order valence-electron chi connectivity index (χ0n) is 16.7. The minimum atomic E-state index is -0.473. The number of benzene rings is 1. The Morgan fingerprint density at radius 2 is 1.83 bits per heavy atom. The van der Waals surface area contributed by atoms with Crippen LogP contribution >= 0.6 is 11.3 Å². The molecular weight excluding hydrogens is 386 g/mol. The Kier molecular flexibility index (Phi) is 4.66. The van der Waals surface area contributed by atoms with Crippen LogP contribution in [-0.2, 0) is 4.79 Å². The highest BCUT2D eigenvalue weighted by atomic mass is 32.1. The average Bonchev–Trinajstić information content (AvgIpc) is 3.14. The highest BCUT2D eigenvalue weighted by Gasteiger charge is 2.31. The summed E-state index contributed by atoms with van der Waals surface area (Å²) in [6.45, 7) is 7.61. The van der Waals surface area contributed by atoms with Crippen LogP contribution in [0.4, 0.5) is 0 Å². The van der Waals surface area contributed by atoms with E-state index in [1.807, 2.05) is 23.6 Å². The van der Waals surface area contributed by atoms with Crippen molar-refractivity contribution in [3.8, 4) is 5.00 Å². The molecule has 148 valence electrons. The van der Waals surface area contributed by atoms with E-state index in [2.05, 4.69) is 24.0 Å². The van der Waals surface area contributed by atoms with Crippen molar-refractivity contribution in [1.82, 2.24) is 14.8 Å². The van der Waals surface area contributed by atoms with Crippen LogP contribution in [0.3, 0.4) is 0 Å². The third-order valence-electron chi connectivity index (χ3n) is 5.16. The molecule has 0 aliphatic carbocycles. The van der Waals surface area contributed by atoms with Crippen molar-refractivity contribution >= 4 is 28.7 Å². The number of amides is 1. The van der Waals surface area contributed by atoms with E-state index >= 15 is 0 Å². The number of ketones is 1. The first-order chi connectivity index (χ1) is 13.8. The predicted molar refractivity (Wildman–Crippen MR) is 112 cm³/mol. The lowest BCUT2D eigenvalue weighted by Crippen LogP contribution is -2.12. The third kappa shape index (κ3) is 3.19. The molecule has 7 nitrogen and oxygen atoms in total. The standard InChI is InChI=1S/C21H21N5O2S/c1-10(27)9-16-20-25-24-13(4)26(20)21-17(11(2)12(3)29-21)18(23-16)14-5-7-15(8-6-14)19(22)28/h5-8,16H,9H2,1-4H3,(H2,22,28)/t16-/m0/s1. The van der Waals surface area contributed by atoms with Crippen LogP contribution in [-0.4, -0.2) is 32.2 Å². The van der Waals surface area contributed by atoms with Gasteiger partial charge in [-0.25, -0.2) is 0 Å². The first-order valence-corrected chi connectivity index (χ1v) is 10.1. The second-order valence-corrected chi connectivity index (χ2v) is 8.45. The van der Waals surface area contributed by atoms with Gasteiger partial charge >= 0.3 is 0 Å². The molecule has 0 spiro atoms. The molecule has 2 N–H and O–H groups in total. The van der Waals surface area contributed by atoms with Crippen LogP contribution in [0.2, 0.25) is 0 Å². The Morgan fingerprint density at radius 1 is 1.14 bits per heavy atom. The summed E-state index contributed by atoms with van der Waals surface area (Å²) >= 11 is 1.66. The minimum absolute atomic E-state index is 0.0348. The summed E-state index contributed by atoms with van der Waals surface area (Å²) in [7, 11) is 0. The van der Waals surface area contributed by atoms with E-state index in [1.54, 1.807) is 30.4 Å². The van der Waals surface area contributed by atoms with Gasteiger partial charge in [0.2, 0.25) is 5.91 Å². The highest BCUT2D eigenvalue weighted by Crippen LogP contribution is 2.39. The average molecular weight is 407 g/mol. The summed E-state index contributed by atoms with van der Waals surface area (Å²) < 4.78 is 2.02. The summed E-state index contributed by atoms with van der Waals surface area (Å²) in [6.07, 6.45) is 0.244. The first kappa shape index (κ1) is 19.2. The fourth-order valence-corrected chi connectivity index (χ4v) is 4.80. The van der Waals surface area contributed by atoms with Gasteiger partial charge in [-0.3, -0.25) is 19.1 Å². The molecule has 3 heterocycles. The number of rotatable bonds is 4. The molecule has 1 amide bonds. The monoisotopic (exact) mass is 407 g/mol. The van der Waals surface area contributed by atoms with Crippen LogP contribution < -0.4 is 5.73 Å². The Labute approximate surface area is 172 Å².